The Kier molecular flexibility index (Phi) is 5.08. The highest BCUT2D eigenvalue weighted by atomic mass is 14.1. The number of rotatable bonds is 4. The molecule has 0 bridgehead atoms. The molecule has 86 valence electrons. The van der Waals surface area contributed by atoms with Crippen LogP contribution in [0.1, 0.15) is 47.0 Å². The summed E-state index contributed by atoms with van der Waals surface area (Å²) in [6.07, 6.45) is 11.8. The van der Waals surface area contributed by atoms with Gasteiger partial charge in [0.2, 0.25) is 0 Å². The van der Waals surface area contributed by atoms with Crippen LogP contribution in [-0.2, 0) is 0 Å². The molecule has 0 saturated heterocycles. The molecule has 0 radical (unpaired) electrons. The molecule has 0 amide bonds. The summed E-state index contributed by atoms with van der Waals surface area (Å²) in [7, 11) is 0. The monoisotopic (exact) mass is 214 g/mol. The average Bonchev–Trinajstić information content (AvgIpc) is 2.50. The summed E-state index contributed by atoms with van der Waals surface area (Å²) in [4.78, 5) is 0. The van der Waals surface area contributed by atoms with Crippen LogP contribution in [0.5, 0.6) is 0 Å². The van der Waals surface area contributed by atoms with Gasteiger partial charge < -0.3 is 0 Å². The van der Waals surface area contributed by atoms with E-state index in [1.54, 1.807) is 0 Å². The van der Waals surface area contributed by atoms with Crippen molar-refractivity contribution in [3.05, 3.63) is 52.3 Å². The van der Waals surface area contributed by atoms with Crippen LogP contribution in [0.4, 0.5) is 0 Å². The van der Waals surface area contributed by atoms with Gasteiger partial charge in [-0.2, -0.15) is 0 Å². The normalized spacial score (nSPS) is 16.5. The van der Waals surface area contributed by atoms with Gasteiger partial charge in [-0.1, -0.05) is 30.2 Å². The van der Waals surface area contributed by atoms with Gasteiger partial charge >= 0.3 is 0 Å². The van der Waals surface area contributed by atoms with Crippen molar-refractivity contribution in [3.8, 4) is 0 Å². The molecule has 0 aromatic carbocycles. The van der Waals surface area contributed by atoms with E-state index in [9.17, 15) is 0 Å². The van der Waals surface area contributed by atoms with Gasteiger partial charge in [0, 0.05) is 0 Å². The van der Waals surface area contributed by atoms with Crippen molar-refractivity contribution in [1.29, 1.82) is 0 Å². The highest BCUT2D eigenvalue weighted by molar-refractivity contribution is 5.36. The third-order valence-corrected chi connectivity index (χ3v) is 3.33. The third-order valence-electron chi connectivity index (χ3n) is 3.33. The highest BCUT2D eigenvalue weighted by Gasteiger charge is 2.01. The van der Waals surface area contributed by atoms with Crippen LogP contribution in [0.3, 0.4) is 0 Å². The molecule has 0 heteroatoms. The Bertz CT molecular complexity index is 394. The van der Waals surface area contributed by atoms with E-state index in [1.165, 1.54) is 35.1 Å². The molecule has 0 heterocycles. The summed E-state index contributed by atoms with van der Waals surface area (Å²) >= 11 is 0. The van der Waals surface area contributed by atoms with Gasteiger partial charge in [-0.3, -0.25) is 0 Å². The lowest BCUT2D eigenvalue weighted by Crippen LogP contribution is -1.88. The van der Waals surface area contributed by atoms with Crippen LogP contribution < -0.4 is 0 Å². The summed E-state index contributed by atoms with van der Waals surface area (Å²) in [5.41, 5.74) is 9.02. The number of hydrogen-bond acceptors (Lipinski definition) is 0. The smallest absolute Gasteiger partial charge is 0.0165 e. The van der Waals surface area contributed by atoms with E-state index >= 15 is 0 Å². The second-order valence-corrected chi connectivity index (χ2v) is 4.46. The first-order valence-electron chi connectivity index (χ1n) is 6.09. The fourth-order valence-corrected chi connectivity index (χ4v) is 1.72. The second-order valence-electron chi connectivity index (χ2n) is 4.46. The lowest BCUT2D eigenvalue weighted by Gasteiger charge is -2.08. The zero-order chi connectivity index (χ0) is 12.0. The zero-order valence-electron chi connectivity index (χ0n) is 10.9. The maximum Gasteiger partial charge on any atom is -0.0165 e. The molecule has 0 aliphatic heterocycles. The number of hydrogen-bond donors (Lipinski definition) is 0. The van der Waals surface area contributed by atoms with Crippen molar-refractivity contribution in [2.45, 2.75) is 47.0 Å². The number of allylic oxidation sites excluding steroid dienone is 7. The van der Waals surface area contributed by atoms with Crippen LogP contribution >= 0.6 is 0 Å². The molecule has 0 atom stereocenters. The molecule has 16 heavy (non-hydrogen) atoms. The summed E-state index contributed by atoms with van der Waals surface area (Å²) < 4.78 is 0. The molecule has 0 N–H and O–H groups in total. The molecule has 0 unspecified atom stereocenters. The van der Waals surface area contributed by atoms with E-state index in [-0.39, 0.29) is 0 Å². The minimum atomic E-state index is 1.13. The predicted molar refractivity (Wildman–Crippen MR) is 72.4 cm³/mol. The SMILES string of the molecule is CCC(C)=C(C)CCC1=C(C)C=CC=C=C1. The summed E-state index contributed by atoms with van der Waals surface area (Å²) in [6.45, 7) is 8.88. The van der Waals surface area contributed by atoms with Crippen LogP contribution in [0, 0.1) is 0 Å². The van der Waals surface area contributed by atoms with Crippen molar-refractivity contribution in [1.82, 2.24) is 0 Å². The van der Waals surface area contributed by atoms with Gasteiger partial charge in [0.1, 0.15) is 0 Å². The minimum absolute atomic E-state index is 1.13. The third kappa shape index (κ3) is 3.72. The Morgan fingerprint density at radius 2 is 2.00 bits per heavy atom. The van der Waals surface area contributed by atoms with E-state index in [2.05, 4.69) is 51.7 Å². The lowest BCUT2D eigenvalue weighted by atomic mass is 9.98. The van der Waals surface area contributed by atoms with E-state index < -0.39 is 0 Å². The van der Waals surface area contributed by atoms with E-state index in [0.717, 1.165) is 6.42 Å². The molecular formula is C16H22. The van der Waals surface area contributed by atoms with Crippen LogP contribution in [0.2, 0.25) is 0 Å². The topological polar surface area (TPSA) is 0 Å². The Morgan fingerprint density at radius 3 is 2.69 bits per heavy atom. The molecule has 0 spiro atoms. The first-order valence-corrected chi connectivity index (χ1v) is 6.09. The molecule has 0 saturated carbocycles. The molecule has 0 nitrogen and oxygen atoms in total. The van der Waals surface area contributed by atoms with Crippen LogP contribution in [-0.4, -0.2) is 0 Å². The standard InChI is InChI=1S/C16H22/c1-5-13(2)14(3)11-12-16-10-8-6-7-9-15(16)4/h6-7,9-10H,5,11-12H2,1-4H3. The molecular weight excluding hydrogens is 192 g/mol. The fraction of sp³-hybridized carbons (Fsp3) is 0.438. The molecule has 0 fully saturated rings. The van der Waals surface area contributed by atoms with Gasteiger partial charge in [-0.25, -0.2) is 0 Å². The van der Waals surface area contributed by atoms with Crippen LogP contribution in [0.15, 0.2) is 52.3 Å². The van der Waals surface area contributed by atoms with Gasteiger partial charge in [-0.05, 0) is 63.3 Å². The van der Waals surface area contributed by atoms with E-state index in [1.807, 2.05) is 6.08 Å². The maximum absolute atomic E-state index is 3.18. The quantitative estimate of drug-likeness (QED) is 0.450. The first kappa shape index (κ1) is 12.8. The predicted octanol–water partition coefficient (Wildman–Crippen LogP) is 5.11. The van der Waals surface area contributed by atoms with Crippen molar-refractivity contribution < 1.29 is 0 Å². The molecule has 0 aromatic rings. The Labute approximate surface area is 99.8 Å². The molecule has 1 aliphatic carbocycles. The summed E-state index contributed by atoms with van der Waals surface area (Å²) in [6, 6.07) is 0. The largest absolute Gasteiger partial charge is 0.121 e. The van der Waals surface area contributed by atoms with Crippen molar-refractivity contribution in [2.24, 2.45) is 0 Å². The molecule has 0 aromatic heterocycles. The van der Waals surface area contributed by atoms with Gasteiger partial charge in [0.15, 0.2) is 0 Å². The Balaban J connectivity index is 2.69. The molecule has 1 rings (SSSR count). The van der Waals surface area contributed by atoms with Crippen LogP contribution in [0.25, 0.3) is 0 Å². The van der Waals surface area contributed by atoms with Crippen molar-refractivity contribution in [3.63, 3.8) is 0 Å². The van der Waals surface area contributed by atoms with Gasteiger partial charge in [-0.15, -0.1) is 5.73 Å². The van der Waals surface area contributed by atoms with Crippen molar-refractivity contribution >= 4 is 0 Å². The second kappa shape index (κ2) is 6.35. The zero-order valence-corrected chi connectivity index (χ0v) is 10.9. The highest BCUT2D eigenvalue weighted by Crippen LogP contribution is 2.20. The minimum Gasteiger partial charge on any atom is -0.121 e. The first-order chi connectivity index (χ1) is 7.65. The fourth-order valence-electron chi connectivity index (χ4n) is 1.72. The average molecular weight is 214 g/mol. The maximum atomic E-state index is 3.18. The molecule has 1 aliphatic rings. The van der Waals surface area contributed by atoms with E-state index in [0.29, 0.717) is 0 Å². The lowest BCUT2D eigenvalue weighted by molar-refractivity contribution is 0.898. The van der Waals surface area contributed by atoms with Crippen molar-refractivity contribution in [2.75, 3.05) is 0 Å². The Morgan fingerprint density at radius 1 is 1.25 bits per heavy atom. The summed E-state index contributed by atoms with van der Waals surface area (Å²) in [5, 5.41) is 0. The summed E-state index contributed by atoms with van der Waals surface area (Å²) in [5.74, 6) is 0. The van der Waals surface area contributed by atoms with E-state index in [4.69, 9.17) is 0 Å². The van der Waals surface area contributed by atoms with Gasteiger partial charge in [0.05, 0.1) is 0 Å². The Hall–Kier alpha value is -1.26. The van der Waals surface area contributed by atoms with Gasteiger partial charge in [0.25, 0.3) is 0 Å².